The Labute approximate surface area is 133 Å². The van der Waals surface area contributed by atoms with Gasteiger partial charge in [0.1, 0.15) is 5.82 Å². The molecule has 7 heteroatoms. The van der Waals surface area contributed by atoms with Crippen LogP contribution >= 0.6 is 0 Å². The zero-order chi connectivity index (χ0) is 16.4. The highest BCUT2D eigenvalue weighted by atomic mass is 16.2. The molecule has 0 aliphatic rings. The summed E-state index contributed by atoms with van der Waals surface area (Å²) >= 11 is 0. The molecule has 0 atom stereocenters. The van der Waals surface area contributed by atoms with E-state index < -0.39 is 6.03 Å². The number of benzene rings is 1. The van der Waals surface area contributed by atoms with Gasteiger partial charge in [-0.2, -0.15) is 4.98 Å². The zero-order valence-electron chi connectivity index (χ0n) is 12.8. The lowest BCUT2D eigenvalue weighted by atomic mass is 10.1. The molecule has 23 heavy (non-hydrogen) atoms. The Bertz CT molecular complexity index is 873. The standard InChI is InChI=1S/C16H16N6O/c1-9-5-12-7-13(4-3-11(12)8-18-9)20-16(23)22-15-19-10(2)6-14(17)21-15/h3-8H,1-2H3,(H4,17,19,20,21,22,23). The van der Waals surface area contributed by atoms with Gasteiger partial charge in [0.2, 0.25) is 5.95 Å². The number of hydrogen-bond acceptors (Lipinski definition) is 5. The van der Waals surface area contributed by atoms with E-state index in [2.05, 4.69) is 25.6 Å². The van der Waals surface area contributed by atoms with E-state index in [9.17, 15) is 4.79 Å². The van der Waals surface area contributed by atoms with Crippen LogP contribution in [0, 0.1) is 13.8 Å². The second kappa shape index (κ2) is 5.88. The van der Waals surface area contributed by atoms with Crippen molar-refractivity contribution in [3.05, 3.63) is 47.9 Å². The molecule has 0 saturated heterocycles. The molecule has 1 aromatic carbocycles. The molecule has 0 aliphatic carbocycles. The van der Waals surface area contributed by atoms with E-state index >= 15 is 0 Å². The summed E-state index contributed by atoms with van der Waals surface area (Å²) in [5.41, 5.74) is 7.90. The Balaban J connectivity index is 1.77. The van der Waals surface area contributed by atoms with E-state index in [0.717, 1.165) is 16.5 Å². The summed E-state index contributed by atoms with van der Waals surface area (Å²) in [6.07, 6.45) is 1.80. The molecule has 0 saturated carbocycles. The first-order valence-corrected chi connectivity index (χ1v) is 7.05. The maximum atomic E-state index is 12.1. The highest BCUT2D eigenvalue weighted by Gasteiger charge is 2.07. The lowest BCUT2D eigenvalue weighted by molar-refractivity contribution is 0.262. The summed E-state index contributed by atoms with van der Waals surface area (Å²) in [7, 11) is 0. The third-order valence-electron chi connectivity index (χ3n) is 3.22. The normalized spacial score (nSPS) is 10.5. The summed E-state index contributed by atoms with van der Waals surface area (Å²) in [5.74, 6) is 0.474. The highest BCUT2D eigenvalue weighted by molar-refractivity contribution is 6.00. The molecule has 0 fully saturated rings. The fourth-order valence-electron chi connectivity index (χ4n) is 2.24. The van der Waals surface area contributed by atoms with E-state index in [1.807, 2.05) is 31.2 Å². The largest absolute Gasteiger partial charge is 0.384 e. The molecule has 0 radical (unpaired) electrons. The van der Waals surface area contributed by atoms with Crippen molar-refractivity contribution in [2.45, 2.75) is 13.8 Å². The number of hydrogen-bond donors (Lipinski definition) is 3. The minimum absolute atomic E-state index is 0.167. The number of fused-ring (bicyclic) bond motifs is 1. The van der Waals surface area contributed by atoms with Crippen LogP contribution in [0.5, 0.6) is 0 Å². The van der Waals surface area contributed by atoms with Crippen LogP contribution in [-0.2, 0) is 0 Å². The number of nitrogens with zero attached hydrogens (tertiary/aromatic N) is 3. The van der Waals surface area contributed by atoms with Crippen LogP contribution in [0.3, 0.4) is 0 Å². The van der Waals surface area contributed by atoms with Crippen LogP contribution in [0.15, 0.2) is 36.5 Å². The molecule has 0 spiro atoms. The summed E-state index contributed by atoms with van der Waals surface area (Å²) in [6, 6.07) is 8.75. The first-order valence-electron chi connectivity index (χ1n) is 7.05. The first kappa shape index (κ1) is 14.7. The Morgan fingerprint density at radius 3 is 2.61 bits per heavy atom. The number of aromatic nitrogens is 3. The maximum Gasteiger partial charge on any atom is 0.326 e. The van der Waals surface area contributed by atoms with Crippen LogP contribution in [0.1, 0.15) is 11.4 Å². The van der Waals surface area contributed by atoms with Crippen molar-refractivity contribution in [3.8, 4) is 0 Å². The summed E-state index contributed by atoms with van der Waals surface area (Å²) in [4.78, 5) is 24.4. The second-order valence-corrected chi connectivity index (χ2v) is 5.22. The van der Waals surface area contributed by atoms with Crippen LogP contribution in [0.4, 0.5) is 22.2 Å². The van der Waals surface area contributed by atoms with Crippen LogP contribution in [-0.4, -0.2) is 21.0 Å². The number of carbonyl (C=O) groups excluding carboxylic acids is 1. The number of pyridine rings is 1. The van der Waals surface area contributed by atoms with E-state index in [-0.39, 0.29) is 5.95 Å². The number of urea groups is 1. The molecule has 0 unspecified atom stereocenters. The van der Waals surface area contributed by atoms with Crippen LogP contribution in [0.25, 0.3) is 10.8 Å². The SMILES string of the molecule is Cc1cc2cc(NC(=O)Nc3nc(C)cc(N)n3)ccc2cn1. The molecule has 3 rings (SSSR count). The summed E-state index contributed by atoms with van der Waals surface area (Å²) in [6.45, 7) is 3.70. The van der Waals surface area contributed by atoms with Crippen molar-refractivity contribution >= 4 is 34.3 Å². The number of amides is 2. The Morgan fingerprint density at radius 2 is 1.83 bits per heavy atom. The molecule has 2 aromatic heterocycles. The topological polar surface area (TPSA) is 106 Å². The van der Waals surface area contributed by atoms with Gasteiger partial charge in [-0.3, -0.25) is 10.3 Å². The quantitative estimate of drug-likeness (QED) is 0.675. The fraction of sp³-hybridized carbons (Fsp3) is 0.125. The Kier molecular flexibility index (Phi) is 3.76. The van der Waals surface area contributed by atoms with Crippen molar-refractivity contribution in [1.82, 2.24) is 15.0 Å². The van der Waals surface area contributed by atoms with Crippen molar-refractivity contribution in [3.63, 3.8) is 0 Å². The first-order chi connectivity index (χ1) is 11.0. The fourth-order valence-corrected chi connectivity index (χ4v) is 2.24. The minimum atomic E-state index is -0.430. The summed E-state index contributed by atoms with van der Waals surface area (Å²) in [5, 5.41) is 7.33. The third kappa shape index (κ3) is 3.52. The van der Waals surface area contributed by atoms with Gasteiger partial charge in [0.15, 0.2) is 0 Å². The predicted molar refractivity (Wildman–Crippen MR) is 90.3 cm³/mol. The number of aryl methyl sites for hydroxylation is 2. The molecule has 0 bridgehead atoms. The molecule has 0 aliphatic heterocycles. The number of rotatable bonds is 2. The van der Waals surface area contributed by atoms with Crippen molar-refractivity contribution in [1.29, 1.82) is 0 Å². The molecule has 3 aromatic rings. The van der Waals surface area contributed by atoms with Gasteiger partial charge < -0.3 is 11.1 Å². The second-order valence-electron chi connectivity index (χ2n) is 5.22. The monoisotopic (exact) mass is 308 g/mol. The average molecular weight is 308 g/mol. The van der Waals surface area contributed by atoms with Gasteiger partial charge >= 0.3 is 6.03 Å². The lowest BCUT2D eigenvalue weighted by Gasteiger charge is -2.08. The van der Waals surface area contributed by atoms with E-state index in [0.29, 0.717) is 17.2 Å². The van der Waals surface area contributed by atoms with Gasteiger partial charge in [0.25, 0.3) is 0 Å². The average Bonchev–Trinajstić information content (AvgIpc) is 2.45. The molecular formula is C16H16N6O. The zero-order valence-corrected chi connectivity index (χ0v) is 12.8. The predicted octanol–water partition coefficient (Wildman–Crippen LogP) is 2.87. The van der Waals surface area contributed by atoms with Gasteiger partial charge in [-0.1, -0.05) is 6.07 Å². The van der Waals surface area contributed by atoms with Crippen molar-refractivity contribution in [2.75, 3.05) is 16.4 Å². The smallest absolute Gasteiger partial charge is 0.326 e. The molecule has 2 amide bonds. The highest BCUT2D eigenvalue weighted by Crippen LogP contribution is 2.19. The van der Waals surface area contributed by atoms with Gasteiger partial charge in [-0.05, 0) is 37.4 Å². The maximum absolute atomic E-state index is 12.1. The van der Waals surface area contributed by atoms with Gasteiger partial charge in [-0.25, -0.2) is 9.78 Å². The van der Waals surface area contributed by atoms with Crippen molar-refractivity contribution in [2.24, 2.45) is 0 Å². The number of nitrogen functional groups attached to an aromatic ring is 1. The number of carbonyl (C=O) groups is 1. The molecule has 2 heterocycles. The van der Waals surface area contributed by atoms with E-state index in [1.54, 1.807) is 19.2 Å². The Hall–Kier alpha value is -3.22. The minimum Gasteiger partial charge on any atom is -0.384 e. The van der Waals surface area contributed by atoms with Crippen LogP contribution < -0.4 is 16.4 Å². The third-order valence-corrected chi connectivity index (χ3v) is 3.22. The molecule has 116 valence electrons. The summed E-state index contributed by atoms with van der Waals surface area (Å²) < 4.78 is 0. The Morgan fingerprint density at radius 1 is 1.00 bits per heavy atom. The molecule has 7 nitrogen and oxygen atoms in total. The van der Waals surface area contributed by atoms with E-state index in [4.69, 9.17) is 5.73 Å². The van der Waals surface area contributed by atoms with Crippen LogP contribution in [0.2, 0.25) is 0 Å². The molecular weight excluding hydrogens is 292 g/mol. The lowest BCUT2D eigenvalue weighted by Crippen LogP contribution is -2.21. The number of nitrogens with one attached hydrogen (secondary N) is 2. The van der Waals surface area contributed by atoms with Gasteiger partial charge in [0.05, 0.1) is 0 Å². The van der Waals surface area contributed by atoms with Gasteiger partial charge in [0, 0.05) is 34.7 Å². The van der Waals surface area contributed by atoms with E-state index in [1.165, 1.54) is 0 Å². The van der Waals surface area contributed by atoms with Crippen molar-refractivity contribution < 1.29 is 4.79 Å². The van der Waals surface area contributed by atoms with Gasteiger partial charge in [-0.15, -0.1) is 0 Å². The number of nitrogens with two attached hydrogens (primary N) is 1. The molecule has 4 N–H and O–H groups in total. The number of anilines is 3.